The van der Waals surface area contributed by atoms with Crippen molar-refractivity contribution in [3.8, 4) is 6.07 Å². The molecule has 3 rings (SSSR count). The van der Waals surface area contributed by atoms with Crippen molar-refractivity contribution in [1.29, 1.82) is 5.26 Å². The van der Waals surface area contributed by atoms with Gasteiger partial charge in [-0.1, -0.05) is 22.9 Å². The molecule has 2 fully saturated rings. The van der Waals surface area contributed by atoms with Crippen molar-refractivity contribution in [2.24, 2.45) is 0 Å². The normalized spacial score (nSPS) is 20.3. The molecule has 0 spiro atoms. The van der Waals surface area contributed by atoms with E-state index >= 15 is 0 Å². The molecule has 2 aliphatic heterocycles. The van der Waals surface area contributed by atoms with E-state index in [0.29, 0.717) is 37.4 Å². The van der Waals surface area contributed by atoms with E-state index in [0.717, 1.165) is 36.1 Å². The Labute approximate surface area is 210 Å². The summed E-state index contributed by atoms with van der Waals surface area (Å²) >= 11 is 3.41. The van der Waals surface area contributed by atoms with Gasteiger partial charge in [0.05, 0.1) is 36.8 Å². The highest BCUT2D eigenvalue weighted by Gasteiger charge is 2.35. The van der Waals surface area contributed by atoms with Crippen LogP contribution in [0.1, 0.15) is 25.3 Å². The van der Waals surface area contributed by atoms with Crippen molar-refractivity contribution in [2.45, 2.75) is 37.1 Å². The molecule has 0 N–H and O–H groups in total. The predicted octanol–water partition coefficient (Wildman–Crippen LogP) is 1.87. The van der Waals surface area contributed by atoms with E-state index in [-0.39, 0.29) is 32.3 Å². The number of benzene rings is 1. The fraction of sp³-hybridized carbons (Fsp3) is 0.652. The number of hydrogen-bond acceptors (Lipinski definition) is 7. The topological polar surface area (TPSA) is 103 Å². The van der Waals surface area contributed by atoms with Gasteiger partial charge in [-0.3, -0.25) is 9.69 Å². The Hall–Kier alpha value is -1.55. The van der Waals surface area contributed by atoms with Gasteiger partial charge >= 0.3 is 0 Å². The Kier molecular flexibility index (Phi) is 10.3. The van der Waals surface area contributed by atoms with Crippen LogP contribution in [0.3, 0.4) is 0 Å². The molecule has 2 saturated heterocycles. The summed E-state index contributed by atoms with van der Waals surface area (Å²) in [5.41, 5.74) is 0.752. The van der Waals surface area contributed by atoms with Gasteiger partial charge in [-0.25, -0.2) is 8.42 Å². The second-order valence-electron chi connectivity index (χ2n) is 8.45. The third-order valence-electron chi connectivity index (χ3n) is 6.19. The van der Waals surface area contributed by atoms with E-state index in [4.69, 9.17) is 14.7 Å². The number of unbranched alkanes of at least 4 members (excludes halogenated alkanes) is 1. The Balaban J connectivity index is 1.53. The molecule has 11 heteroatoms. The molecule has 0 radical (unpaired) electrons. The molecule has 0 aromatic heterocycles. The van der Waals surface area contributed by atoms with Gasteiger partial charge < -0.3 is 14.4 Å². The Bertz CT molecular complexity index is 976. The number of nitriles is 1. The van der Waals surface area contributed by atoms with E-state index in [1.165, 1.54) is 4.31 Å². The Morgan fingerprint density at radius 2 is 2.03 bits per heavy atom. The fourth-order valence-electron chi connectivity index (χ4n) is 4.27. The Morgan fingerprint density at radius 1 is 1.26 bits per heavy atom. The maximum atomic E-state index is 13.5. The molecule has 1 aromatic carbocycles. The van der Waals surface area contributed by atoms with E-state index in [1.54, 1.807) is 17.0 Å². The van der Waals surface area contributed by atoms with Crippen LogP contribution in [0.25, 0.3) is 0 Å². The van der Waals surface area contributed by atoms with Crippen LogP contribution >= 0.6 is 15.9 Å². The van der Waals surface area contributed by atoms with Crippen LogP contribution in [0, 0.1) is 11.3 Å². The maximum Gasteiger partial charge on any atom is 0.248 e. The van der Waals surface area contributed by atoms with Crippen molar-refractivity contribution in [3.63, 3.8) is 0 Å². The molecule has 0 aliphatic carbocycles. The summed E-state index contributed by atoms with van der Waals surface area (Å²) in [6, 6.07) is 6.87. The minimum Gasteiger partial charge on any atom is -0.378 e. The summed E-state index contributed by atoms with van der Waals surface area (Å²) in [6.45, 7) is 6.44. The van der Waals surface area contributed by atoms with E-state index in [1.807, 2.05) is 13.0 Å². The second kappa shape index (κ2) is 13.0. The fourth-order valence-corrected chi connectivity index (χ4v) is 6.53. The summed E-state index contributed by atoms with van der Waals surface area (Å²) in [6.07, 6.45) is 1.99. The first kappa shape index (κ1) is 27.0. The molecule has 0 saturated carbocycles. The summed E-state index contributed by atoms with van der Waals surface area (Å²) in [4.78, 5) is 16.9. The van der Waals surface area contributed by atoms with Crippen LogP contribution < -0.4 is 0 Å². The number of nitrogens with zero attached hydrogens (tertiary/aromatic N) is 4. The summed E-state index contributed by atoms with van der Waals surface area (Å²) in [5.74, 6) is -0.0935. The van der Waals surface area contributed by atoms with Gasteiger partial charge in [0, 0.05) is 43.6 Å². The maximum absolute atomic E-state index is 13.5. The van der Waals surface area contributed by atoms with Gasteiger partial charge in [-0.15, -0.1) is 0 Å². The first-order valence-electron chi connectivity index (χ1n) is 11.7. The third-order valence-corrected chi connectivity index (χ3v) is 8.73. The average molecular weight is 558 g/mol. The number of aryl methyl sites for hydroxylation is 1. The van der Waals surface area contributed by atoms with Gasteiger partial charge in [-0.2, -0.15) is 9.57 Å². The average Bonchev–Trinajstić information content (AvgIpc) is 2.84. The lowest BCUT2D eigenvalue weighted by atomic mass is 10.2. The highest BCUT2D eigenvalue weighted by Crippen LogP contribution is 2.27. The zero-order valence-electron chi connectivity index (χ0n) is 19.6. The van der Waals surface area contributed by atoms with Gasteiger partial charge in [0.15, 0.2) is 0 Å². The van der Waals surface area contributed by atoms with Crippen molar-refractivity contribution >= 4 is 31.9 Å². The minimum atomic E-state index is -3.73. The predicted molar refractivity (Wildman–Crippen MR) is 131 cm³/mol. The van der Waals surface area contributed by atoms with Crippen molar-refractivity contribution in [2.75, 3.05) is 65.7 Å². The number of sulfonamides is 1. The highest BCUT2D eigenvalue weighted by molar-refractivity contribution is 9.10. The summed E-state index contributed by atoms with van der Waals surface area (Å²) in [5, 5.41) is 8.66. The number of ether oxygens (including phenoxy) is 2. The van der Waals surface area contributed by atoms with Crippen LogP contribution in [0.15, 0.2) is 27.6 Å². The lowest BCUT2D eigenvalue weighted by molar-refractivity contribution is -0.138. The molecule has 1 amide bonds. The van der Waals surface area contributed by atoms with Gasteiger partial charge in [0.1, 0.15) is 6.61 Å². The van der Waals surface area contributed by atoms with Crippen LogP contribution in [-0.2, 0) is 30.7 Å². The molecule has 0 unspecified atom stereocenters. The zero-order chi connectivity index (χ0) is 24.6. The molecule has 2 heterocycles. The number of hydrogen-bond donors (Lipinski definition) is 0. The number of amides is 1. The lowest BCUT2D eigenvalue weighted by Crippen LogP contribution is -2.52. The Morgan fingerprint density at radius 3 is 2.74 bits per heavy atom. The molecule has 0 bridgehead atoms. The van der Waals surface area contributed by atoms with E-state index < -0.39 is 16.1 Å². The minimum absolute atomic E-state index is 0.0860. The highest BCUT2D eigenvalue weighted by atomic mass is 79.9. The molecular formula is C23H33BrN4O5S. The van der Waals surface area contributed by atoms with Crippen molar-refractivity contribution in [1.82, 2.24) is 14.1 Å². The van der Waals surface area contributed by atoms with Crippen LogP contribution in [0.2, 0.25) is 0 Å². The largest absolute Gasteiger partial charge is 0.378 e. The number of rotatable bonds is 10. The smallest absolute Gasteiger partial charge is 0.248 e. The number of halogens is 1. The standard InChI is InChI=1S/C23H33BrN4O5S/c1-2-19-15-20(24)5-6-22(19)34(30,31)28-13-14-32-16-21(28)17-33-18-23(29)27-11-9-26(10-12-27)8-4-3-7-25/h5-6,15,21H,2-4,8-14,16-18H2,1H3/t21-/m0/s1. The van der Waals surface area contributed by atoms with Crippen molar-refractivity contribution < 1.29 is 22.7 Å². The molecule has 2 aliphatic rings. The molecule has 9 nitrogen and oxygen atoms in total. The SMILES string of the molecule is CCc1cc(Br)ccc1S(=O)(=O)N1CCOC[C@H]1COCC(=O)N1CCN(CCCC#N)CC1. The van der Waals surface area contributed by atoms with Gasteiger partial charge in [0.2, 0.25) is 15.9 Å². The van der Waals surface area contributed by atoms with Crippen LogP contribution in [0.5, 0.6) is 0 Å². The van der Waals surface area contributed by atoms with Crippen LogP contribution in [0.4, 0.5) is 0 Å². The number of carbonyl (C=O) groups excluding carboxylic acids is 1. The van der Waals surface area contributed by atoms with Crippen molar-refractivity contribution in [3.05, 3.63) is 28.2 Å². The van der Waals surface area contributed by atoms with E-state index in [9.17, 15) is 13.2 Å². The first-order chi connectivity index (χ1) is 16.4. The summed E-state index contributed by atoms with van der Waals surface area (Å²) in [7, 11) is -3.73. The second-order valence-corrected chi connectivity index (χ2v) is 11.2. The third kappa shape index (κ3) is 6.99. The quantitative estimate of drug-likeness (QED) is 0.405. The molecular weight excluding hydrogens is 524 g/mol. The zero-order valence-corrected chi connectivity index (χ0v) is 22.0. The number of morpholine rings is 1. The molecule has 1 atom stereocenters. The first-order valence-corrected chi connectivity index (χ1v) is 13.9. The number of piperazine rings is 1. The van der Waals surface area contributed by atoms with Gasteiger partial charge in [0.25, 0.3) is 0 Å². The lowest BCUT2D eigenvalue weighted by Gasteiger charge is -2.36. The summed E-state index contributed by atoms with van der Waals surface area (Å²) < 4.78 is 40.4. The monoisotopic (exact) mass is 556 g/mol. The number of carbonyl (C=O) groups is 1. The molecule has 188 valence electrons. The molecule has 34 heavy (non-hydrogen) atoms. The van der Waals surface area contributed by atoms with Crippen LogP contribution in [-0.4, -0.2) is 100 Å². The van der Waals surface area contributed by atoms with E-state index in [2.05, 4.69) is 26.9 Å². The molecule has 1 aromatic rings. The van der Waals surface area contributed by atoms with Gasteiger partial charge in [-0.05, 0) is 43.1 Å².